The molecule has 0 aliphatic carbocycles. The van der Waals surface area contributed by atoms with Crippen molar-refractivity contribution in [2.24, 2.45) is 0 Å². The largest absolute Gasteiger partial charge is 0.460 e. The van der Waals surface area contributed by atoms with Gasteiger partial charge in [0.1, 0.15) is 6.61 Å². The molecule has 0 aromatic rings. The van der Waals surface area contributed by atoms with Crippen LogP contribution in [0.2, 0.25) is 0 Å². The van der Waals surface area contributed by atoms with Gasteiger partial charge in [0.25, 0.3) is 0 Å². The fourth-order valence-corrected chi connectivity index (χ4v) is 1.44. The molecule has 0 aromatic carbocycles. The predicted molar refractivity (Wildman–Crippen MR) is 70.0 cm³/mol. The Morgan fingerprint density at radius 3 is 2.41 bits per heavy atom. The summed E-state index contributed by atoms with van der Waals surface area (Å²) in [5, 5.41) is 0. The summed E-state index contributed by atoms with van der Waals surface area (Å²) in [4.78, 5) is 11.7. The van der Waals surface area contributed by atoms with Crippen LogP contribution in [0.1, 0.15) is 52.9 Å². The molecular formula is C14H26O3. The number of allylic oxidation sites excluding steroid dienone is 1. The molecular weight excluding hydrogens is 216 g/mol. The molecule has 0 bridgehead atoms. The van der Waals surface area contributed by atoms with Crippen LogP contribution in [0.15, 0.2) is 11.6 Å². The standard InChI is InChI=1S/C14H26O3/c1-4-7-10-16-11-12-17-14(15)13(8-5-2)9-6-3/h8H,4-7,9-12H2,1-3H3/b13-8+. The molecule has 0 aliphatic rings. The zero-order chi connectivity index (χ0) is 12.9. The van der Waals surface area contributed by atoms with E-state index in [-0.39, 0.29) is 5.97 Å². The summed E-state index contributed by atoms with van der Waals surface area (Å²) < 4.78 is 10.5. The Morgan fingerprint density at radius 1 is 1.06 bits per heavy atom. The zero-order valence-electron chi connectivity index (χ0n) is 11.5. The topological polar surface area (TPSA) is 35.5 Å². The fraction of sp³-hybridized carbons (Fsp3) is 0.786. The molecule has 17 heavy (non-hydrogen) atoms. The molecule has 3 nitrogen and oxygen atoms in total. The maximum absolute atomic E-state index is 11.7. The third-order valence-electron chi connectivity index (χ3n) is 2.34. The van der Waals surface area contributed by atoms with Crippen molar-refractivity contribution >= 4 is 5.97 Å². The smallest absolute Gasteiger partial charge is 0.333 e. The van der Waals surface area contributed by atoms with Gasteiger partial charge in [0, 0.05) is 12.2 Å². The highest BCUT2D eigenvalue weighted by Crippen LogP contribution is 2.08. The highest BCUT2D eigenvalue weighted by Gasteiger charge is 2.08. The highest BCUT2D eigenvalue weighted by molar-refractivity contribution is 5.88. The van der Waals surface area contributed by atoms with E-state index in [1.165, 1.54) is 0 Å². The summed E-state index contributed by atoms with van der Waals surface area (Å²) in [7, 11) is 0. The van der Waals surface area contributed by atoms with Crippen molar-refractivity contribution in [2.75, 3.05) is 19.8 Å². The van der Waals surface area contributed by atoms with Gasteiger partial charge in [-0.25, -0.2) is 4.79 Å². The number of rotatable bonds is 10. The number of unbranched alkanes of at least 4 members (excludes halogenated alkanes) is 1. The Hall–Kier alpha value is -0.830. The number of ether oxygens (including phenoxy) is 2. The molecule has 0 saturated heterocycles. The molecule has 100 valence electrons. The van der Waals surface area contributed by atoms with Crippen molar-refractivity contribution in [2.45, 2.75) is 52.9 Å². The zero-order valence-corrected chi connectivity index (χ0v) is 11.5. The summed E-state index contributed by atoms with van der Waals surface area (Å²) in [6.45, 7) is 7.81. The van der Waals surface area contributed by atoms with Gasteiger partial charge in [-0.15, -0.1) is 0 Å². The normalized spacial score (nSPS) is 11.6. The SMILES string of the molecule is CC/C=C(\CCC)C(=O)OCCOCCCC. The highest BCUT2D eigenvalue weighted by atomic mass is 16.6. The van der Waals surface area contributed by atoms with Crippen molar-refractivity contribution < 1.29 is 14.3 Å². The van der Waals surface area contributed by atoms with Gasteiger partial charge in [-0.2, -0.15) is 0 Å². The lowest BCUT2D eigenvalue weighted by Crippen LogP contribution is -2.13. The van der Waals surface area contributed by atoms with E-state index >= 15 is 0 Å². The molecule has 0 aliphatic heterocycles. The number of carbonyl (C=O) groups is 1. The molecule has 0 aromatic heterocycles. The minimum absolute atomic E-state index is 0.187. The molecule has 0 radical (unpaired) electrons. The van der Waals surface area contributed by atoms with Gasteiger partial charge >= 0.3 is 5.97 Å². The molecule has 0 saturated carbocycles. The average Bonchev–Trinajstić information content (AvgIpc) is 2.33. The Balaban J connectivity index is 3.71. The maximum atomic E-state index is 11.7. The first-order valence-electron chi connectivity index (χ1n) is 6.70. The molecule has 0 amide bonds. The Morgan fingerprint density at radius 2 is 1.82 bits per heavy atom. The van der Waals surface area contributed by atoms with E-state index in [1.807, 2.05) is 13.0 Å². The molecule has 0 fully saturated rings. The van der Waals surface area contributed by atoms with E-state index in [0.29, 0.717) is 13.2 Å². The van der Waals surface area contributed by atoms with Crippen molar-refractivity contribution in [1.82, 2.24) is 0 Å². The van der Waals surface area contributed by atoms with Gasteiger partial charge < -0.3 is 9.47 Å². The van der Waals surface area contributed by atoms with E-state index in [9.17, 15) is 4.79 Å². The summed E-state index contributed by atoms with van der Waals surface area (Å²) in [5.41, 5.74) is 0.795. The van der Waals surface area contributed by atoms with Crippen LogP contribution in [-0.4, -0.2) is 25.8 Å². The van der Waals surface area contributed by atoms with Crippen LogP contribution >= 0.6 is 0 Å². The van der Waals surface area contributed by atoms with Crippen molar-refractivity contribution in [3.05, 3.63) is 11.6 Å². The van der Waals surface area contributed by atoms with Crippen molar-refractivity contribution in [3.8, 4) is 0 Å². The second kappa shape index (κ2) is 11.6. The van der Waals surface area contributed by atoms with Crippen molar-refractivity contribution in [1.29, 1.82) is 0 Å². The minimum atomic E-state index is -0.187. The van der Waals surface area contributed by atoms with Gasteiger partial charge in [-0.3, -0.25) is 0 Å². The van der Waals surface area contributed by atoms with Gasteiger partial charge in [-0.05, 0) is 19.3 Å². The van der Waals surface area contributed by atoms with Gasteiger partial charge in [0.05, 0.1) is 6.61 Å². The number of carbonyl (C=O) groups excluding carboxylic acids is 1. The first-order chi connectivity index (χ1) is 8.26. The summed E-state index contributed by atoms with van der Waals surface area (Å²) >= 11 is 0. The molecule has 0 rings (SSSR count). The quantitative estimate of drug-likeness (QED) is 0.334. The second-order valence-electron chi connectivity index (χ2n) is 3.99. The Bertz CT molecular complexity index is 222. The number of hydrogen-bond donors (Lipinski definition) is 0. The van der Waals surface area contributed by atoms with Crippen LogP contribution in [0, 0.1) is 0 Å². The molecule has 0 atom stereocenters. The summed E-state index contributed by atoms with van der Waals surface area (Å²) in [6, 6.07) is 0. The van der Waals surface area contributed by atoms with E-state index < -0.39 is 0 Å². The van der Waals surface area contributed by atoms with E-state index in [0.717, 1.165) is 44.3 Å². The average molecular weight is 242 g/mol. The van der Waals surface area contributed by atoms with Crippen LogP contribution < -0.4 is 0 Å². The van der Waals surface area contributed by atoms with Gasteiger partial charge in [0.2, 0.25) is 0 Å². The molecule has 0 N–H and O–H groups in total. The van der Waals surface area contributed by atoms with Crippen LogP contribution in [-0.2, 0) is 14.3 Å². The Labute approximate surface area is 105 Å². The minimum Gasteiger partial charge on any atom is -0.460 e. The molecule has 0 unspecified atom stereocenters. The first-order valence-corrected chi connectivity index (χ1v) is 6.70. The van der Waals surface area contributed by atoms with Crippen LogP contribution in [0.5, 0.6) is 0 Å². The third-order valence-corrected chi connectivity index (χ3v) is 2.34. The van der Waals surface area contributed by atoms with Crippen LogP contribution in [0.4, 0.5) is 0 Å². The lowest BCUT2D eigenvalue weighted by atomic mass is 10.1. The number of esters is 1. The van der Waals surface area contributed by atoms with Gasteiger partial charge in [-0.1, -0.05) is 39.7 Å². The van der Waals surface area contributed by atoms with Crippen LogP contribution in [0.25, 0.3) is 0 Å². The fourth-order valence-electron chi connectivity index (χ4n) is 1.44. The summed E-state index contributed by atoms with van der Waals surface area (Å²) in [5.74, 6) is -0.187. The first kappa shape index (κ1) is 16.2. The lowest BCUT2D eigenvalue weighted by Gasteiger charge is -2.08. The molecule has 3 heteroatoms. The maximum Gasteiger partial charge on any atom is 0.333 e. The summed E-state index contributed by atoms with van der Waals surface area (Å²) in [6.07, 6.45) is 6.77. The predicted octanol–water partition coefficient (Wildman–Crippen LogP) is 3.48. The van der Waals surface area contributed by atoms with E-state index in [4.69, 9.17) is 9.47 Å². The van der Waals surface area contributed by atoms with E-state index in [1.54, 1.807) is 0 Å². The third kappa shape index (κ3) is 8.93. The monoisotopic (exact) mass is 242 g/mol. The Kier molecular flexibility index (Phi) is 11.1. The molecule has 0 spiro atoms. The van der Waals surface area contributed by atoms with Gasteiger partial charge in [0.15, 0.2) is 0 Å². The molecule has 0 heterocycles. The lowest BCUT2D eigenvalue weighted by molar-refractivity contribution is -0.140. The number of hydrogen-bond acceptors (Lipinski definition) is 3. The van der Waals surface area contributed by atoms with E-state index in [2.05, 4.69) is 13.8 Å². The van der Waals surface area contributed by atoms with Crippen molar-refractivity contribution in [3.63, 3.8) is 0 Å². The second-order valence-corrected chi connectivity index (χ2v) is 3.99. The van der Waals surface area contributed by atoms with Crippen LogP contribution in [0.3, 0.4) is 0 Å².